The first-order chi connectivity index (χ1) is 10.7. The van der Waals surface area contributed by atoms with Crippen molar-refractivity contribution in [3.8, 4) is 0 Å². The first kappa shape index (κ1) is 15.2. The fraction of sp³-hybridized carbons (Fsp3) is 0.500. The number of rotatable bonds is 3. The Bertz CT molecular complexity index is 544. The molecule has 1 aliphatic heterocycles. The molecule has 0 N–H and O–H groups in total. The lowest BCUT2D eigenvalue weighted by Gasteiger charge is -2.37. The lowest BCUT2D eigenvalue weighted by molar-refractivity contribution is -0.127. The highest BCUT2D eigenvalue weighted by Crippen LogP contribution is 2.24. The van der Waals surface area contributed by atoms with Crippen LogP contribution in [0.25, 0.3) is 6.08 Å². The number of hydrogen-bond donors (Lipinski definition) is 0. The van der Waals surface area contributed by atoms with Gasteiger partial charge in [-0.3, -0.25) is 9.69 Å². The normalized spacial score (nSPS) is 20.9. The van der Waals surface area contributed by atoms with Crippen molar-refractivity contribution in [2.75, 3.05) is 26.2 Å². The van der Waals surface area contributed by atoms with Crippen LogP contribution in [0.1, 0.15) is 31.2 Å². The van der Waals surface area contributed by atoms with Gasteiger partial charge in [0.2, 0.25) is 5.91 Å². The monoisotopic (exact) mass is 302 g/mol. The number of nitrogens with zero attached hydrogens (tertiary/aromatic N) is 2. The molecule has 118 valence electrons. The largest absolute Gasteiger partial charge is 0.337 e. The number of hydrogen-bond acceptors (Lipinski definition) is 2. The maximum atomic E-state index is 13.1. The zero-order valence-corrected chi connectivity index (χ0v) is 12.9. The van der Waals surface area contributed by atoms with Gasteiger partial charge in [-0.05, 0) is 36.6 Å². The summed E-state index contributed by atoms with van der Waals surface area (Å²) in [4.78, 5) is 16.6. The molecule has 0 bridgehead atoms. The van der Waals surface area contributed by atoms with Crippen LogP contribution in [-0.2, 0) is 4.79 Å². The Morgan fingerprint density at radius 3 is 2.55 bits per heavy atom. The molecule has 0 spiro atoms. The van der Waals surface area contributed by atoms with Gasteiger partial charge in [0.1, 0.15) is 5.82 Å². The van der Waals surface area contributed by atoms with Gasteiger partial charge in [0, 0.05) is 38.3 Å². The van der Waals surface area contributed by atoms with Gasteiger partial charge in [0.15, 0.2) is 0 Å². The molecule has 22 heavy (non-hydrogen) atoms. The average Bonchev–Trinajstić information content (AvgIpc) is 3.07. The summed E-state index contributed by atoms with van der Waals surface area (Å²) in [6, 6.07) is 7.02. The topological polar surface area (TPSA) is 23.6 Å². The summed E-state index contributed by atoms with van der Waals surface area (Å²) in [6.45, 7) is 3.54. The van der Waals surface area contributed by atoms with Crippen molar-refractivity contribution >= 4 is 12.0 Å². The van der Waals surface area contributed by atoms with Crippen molar-refractivity contribution in [3.63, 3.8) is 0 Å². The minimum Gasteiger partial charge on any atom is -0.337 e. The maximum Gasteiger partial charge on any atom is 0.246 e. The van der Waals surface area contributed by atoms with Crippen molar-refractivity contribution in [1.29, 1.82) is 0 Å². The van der Waals surface area contributed by atoms with Crippen LogP contribution in [0.3, 0.4) is 0 Å². The van der Waals surface area contributed by atoms with E-state index in [1.807, 2.05) is 4.90 Å². The van der Waals surface area contributed by atoms with E-state index in [1.165, 1.54) is 37.8 Å². The third-order valence-electron chi connectivity index (χ3n) is 4.73. The highest BCUT2D eigenvalue weighted by molar-refractivity contribution is 5.91. The number of benzene rings is 1. The minimum atomic E-state index is -0.278. The van der Waals surface area contributed by atoms with Gasteiger partial charge in [0.25, 0.3) is 0 Å². The smallest absolute Gasteiger partial charge is 0.246 e. The zero-order chi connectivity index (χ0) is 15.4. The molecule has 1 saturated heterocycles. The van der Waals surface area contributed by atoms with E-state index in [2.05, 4.69) is 4.90 Å². The van der Waals surface area contributed by atoms with Crippen LogP contribution < -0.4 is 0 Å². The van der Waals surface area contributed by atoms with Gasteiger partial charge >= 0.3 is 0 Å². The second kappa shape index (κ2) is 7.05. The van der Waals surface area contributed by atoms with E-state index in [0.717, 1.165) is 37.8 Å². The van der Waals surface area contributed by atoms with Crippen LogP contribution in [0.15, 0.2) is 30.3 Å². The molecule has 1 aliphatic carbocycles. The predicted octanol–water partition coefficient (Wildman–Crippen LogP) is 2.93. The minimum absolute atomic E-state index is 0.0235. The molecule has 3 rings (SSSR count). The lowest BCUT2D eigenvalue weighted by Crippen LogP contribution is -2.51. The van der Waals surface area contributed by atoms with Gasteiger partial charge in [-0.15, -0.1) is 0 Å². The second-order valence-corrected chi connectivity index (χ2v) is 6.19. The fourth-order valence-electron chi connectivity index (χ4n) is 3.46. The Kier molecular flexibility index (Phi) is 4.88. The van der Waals surface area contributed by atoms with E-state index in [9.17, 15) is 9.18 Å². The molecule has 0 radical (unpaired) electrons. The summed E-state index contributed by atoms with van der Waals surface area (Å²) >= 11 is 0. The molecule has 0 aromatic heterocycles. The van der Waals surface area contributed by atoms with E-state index < -0.39 is 0 Å². The number of halogens is 1. The molecule has 3 nitrogen and oxygen atoms in total. The fourth-order valence-corrected chi connectivity index (χ4v) is 3.46. The van der Waals surface area contributed by atoms with E-state index >= 15 is 0 Å². The van der Waals surface area contributed by atoms with Crippen LogP contribution in [0, 0.1) is 5.82 Å². The van der Waals surface area contributed by atoms with Gasteiger partial charge < -0.3 is 4.90 Å². The van der Waals surface area contributed by atoms with Gasteiger partial charge in [0.05, 0.1) is 0 Å². The van der Waals surface area contributed by atoms with E-state index in [0.29, 0.717) is 0 Å². The van der Waals surface area contributed by atoms with Crippen molar-refractivity contribution in [2.45, 2.75) is 31.7 Å². The van der Waals surface area contributed by atoms with Crippen LogP contribution in [0.2, 0.25) is 0 Å². The highest BCUT2D eigenvalue weighted by atomic mass is 19.1. The molecular formula is C18H23FN2O. The van der Waals surface area contributed by atoms with Crippen LogP contribution in [0.4, 0.5) is 4.39 Å². The number of carbonyl (C=O) groups is 1. The Morgan fingerprint density at radius 2 is 1.86 bits per heavy atom. The van der Waals surface area contributed by atoms with Crippen molar-refractivity contribution in [1.82, 2.24) is 9.80 Å². The third kappa shape index (κ3) is 3.74. The molecule has 1 saturated carbocycles. The summed E-state index contributed by atoms with van der Waals surface area (Å²) < 4.78 is 13.1. The second-order valence-electron chi connectivity index (χ2n) is 6.19. The van der Waals surface area contributed by atoms with Crippen molar-refractivity contribution in [2.24, 2.45) is 0 Å². The summed E-state index contributed by atoms with van der Waals surface area (Å²) in [6.07, 6.45) is 8.57. The Hall–Kier alpha value is -1.68. The first-order valence-electron chi connectivity index (χ1n) is 8.19. The van der Waals surface area contributed by atoms with E-state index in [1.54, 1.807) is 24.3 Å². The zero-order valence-electron chi connectivity index (χ0n) is 12.9. The molecular weight excluding hydrogens is 279 g/mol. The predicted molar refractivity (Wildman–Crippen MR) is 85.8 cm³/mol. The summed E-state index contributed by atoms with van der Waals surface area (Å²) in [7, 11) is 0. The van der Waals surface area contributed by atoms with E-state index in [-0.39, 0.29) is 11.7 Å². The summed E-state index contributed by atoms with van der Waals surface area (Å²) in [5.41, 5.74) is 0.720. The Labute approximate surface area is 131 Å². The molecule has 1 aromatic carbocycles. The van der Waals surface area contributed by atoms with Crippen molar-refractivity contribution < 1.29 is 9.18 Å². The Morgan fingerprint density at radius 1 is 1.14 bits per heavy atom. The lowest BCUT2D eigenvalue weighted by atomic mass is 10.1. The molecule has 0 atom stereocenters. The van der Waals surface area contributed by atoms with Crippen LogP contribution in [0.5, 0.6) is 0 Å². The van der Waals surface area contributed by atoms with Gasteiger partial charge in [-0.25, -0.2) is 4.39 Å². The van der Waals surface area contributed by atoms with Gasteiger partial charge in [-0.2, -0.15) is 0 Å². The molecule has 1 heterocycles. The number of carbonyl (C=O) groups excluding carboxylic acids is 1. The average molecular weight is 302 g/mol. The molecule has 2 aliphatic rings. The molecule has 4 heteroatoms. The van der Waals surface area contributed by atoms with Crippen molar-refractivity contribution in [3.05, 3.63) is 41.7 Å². The third-order valence-corrected chi connectivity index (χ3v) is 4.73. The quantitative estimate of drug-likeness (QED) is 0.802. The molecule has 1 amide bonds. The maximum absolute atomic E-state index is 13.1. The number of piperazine rings is 1. The van der Waals surface area contributed by atoms with Crippen LogP contribution >= 0.6 is 0 Å². The summed E-state index contributed by atoms with van der Waals surface area (Å²) in [5, 5.41) is 0. The summed E-state index contributed by atoms with van der Waals surface area (Å²) in [5.74, 6) is -0.255. The SMILES string of the molecule is O=C(/C=C/c1cccc(F)c1)N1CCN(C2CCCC2)CC1. The molecule has 1 aromatic rings. The van der Waals surface area contributed by atoms with E-state index in [4.69, 9.17) is 0 Å². The van der Waals surface area contributed by atoms with Crippen LogP contribution in [-0.4, -0.2) is 47.9 Å². The molecule has 2 fully saturated rings. The number of amides is 1. The Balaban J connectivity index is 1.51. The highest BCUT2D eigenvalue weighted by Gasteiger charge is 2.27. The van der Waals surface area contributed by atoms with Gasteiger partial charge in [-0.1, -0.05) is 25.0 Å². The first-order valence-corrected chi connectivity index (χ1v) is 8.19. The molecule has 0 unspecified atom stereocenters. The standard InChI is InChI=1S/C18H23FN2O/c19-16-5-3-4-15(14-16)8-9-18(22)21-12-10-20(11-13-21)17-6-1-2-7-17/h3-5,8-9,14,17H,1-2,6-7,10-13H2/b9-8+.